The molecule has 0 saturated heterocycles. The lowest BCUT2D eigenvalue weighted by molar-refractivity contribution is -0.123. The number of ether oxygens (including phenoxy) is 1. The van der Waals surface area contributed by atoms with Gasteiger partial charge >= 0.3 is 0 Å². The Labute approximate surface area is 114 Å². The number of carbonyl (C=O) groups excluding carboxylic acids is 1. The summed E-state index contributed by atoms with van der Waals surface area (Å²) in [6, 6.07) is 6.61. The first-order valence-electron chi connectivity index (χ1n) is 5.66. The second-order valence-electron chi connectivity index (χ2n) is 3.89. The van der Waals surface area contributed by atoms with Gasteiger partial charge in [0.2, 0.25) is 5.91 Å². The van der Waals surface area contributed by atoms with Crippen LogP contribution in [0.5, 0.6) is 5.75 Å². The molecule has 106 valence electrons. The molecule has 4 nitrogen and oxygen atoms in total. The number of hydrogen-bond donors (Lipinski definition) is 2. The zero-order chi connectivity index (χ0) is 14.3. The van der Waals surface area contributed by atoms with Crippen LogP contribution in [-0.2, 0) is 4.79 Å². The van der Waals surface area contributed by atoms with Gasteiger partial charge in [-0.05, 0) is 24.3 Å². The van der Waals surface area contributed by atoms with Gasteiger partial charge in [0, 0.05) is 5.02 Å². The van der Waals surface area contributed by atoms with E-state index in [9.17, 15) is 13.6 Å². The van der Waals surface area contributed by atoms with Crippen molar-refractivity contribution in [3.05, 3.63) is 29.3 Å². The monoisotopic (exact) mass is 292 g/mol. The zero-order valence-electron chi connectivity index (χ0n) is 10.2. The Morgan fingerprint density at radius 2 is 2.00 bits per heavy atom. The minimum atomic E-state index is -3.08. The molecule has 0 radical (unpaired) electrons. The topological polar surface area (TPSA) is 64.3 Å². The van der Waals surface area contributed by atoms with Gasteiger partial charge < -0.3 is 15.8 Å². The summed E-state index contributed by atoms with van der Waals surface area (Å²) < 4.78 is 30.8. The van der Waals surface area contributed by atoms with Crippen LogP contribution in [-0.4, -0.2) is 31.5 Å². The average Bonchev–Trinajstić information content (AvgIpc) is 2.39. The van der Waals surface area contributed by atoms with Crippen LogP contribution < -0.4 is 15.8 Å². The van der Waals surface area contributed by atoms with Crippen molar-refractivity contribution in [3.63, 3.8) is 0 Å². The highest BCUT2D eigenvalue weighted by Gasteiger charge is 2.26. The van der Waals surface area contributed by atoms with Crippen LogP contribution in [0.15, 0.2) is 24.3 Å². The van der Waals surface area contributed by atoms with E-state index in [0.29, 0.717) is 10.8 Å². The first-order chi connectivity index (χ1) is 8.93. The molecule has 0 atom stereocenters. The van der Waals surface area contributed by atoms with Crippen molar-refractivity contribution in [2.75, 3.05) is 19.7 Å². The Balaban J connectivity index is 2.22. The third-order valence-electron chi connectivity index (χ3n) is 2.25. The van der Waals surface area contributed by atoms with Crippen molar-refractivity contribution in [3.8, 4) is 5.75 Å². The molecular weight excluding hydrogens is 278 g/mol. The van der Waals surface area contributed by atoms with Gasteiger partial charge in [-0.2, -0.15) is 0 Å². The molecule has 0 aliphatic rings. The highest BCUT2D eigenvalue weighted by atomic mass is 35.5. The lowest BCUT2D eigenvalue weighted by Crippen LogP contribution is -2.41. The van der Waals surface area contributed by atoms with Crippen molar-refractivity contribution in [2.45, 2.75) is 12.3 Å². The maximum absolute atomic E-state index is 12.8. The second-order valence-corrected chi connectivity index (χ2v) is 4.33. The van der Waals surface area contributed by atoms with Crippen LogP contribution in [0.4, 0.5) is 8.78 Å². The van der Waals surface area contributed by atoms with E-state index in [2.05, 4.69) is 5.32 Å². The summed E-state index contributed by atoms with van der Waals surface area (Å²) >= 11 is 5.69. The van der Waals surface area contributed by atoms with Gasteiger partial charge in [-0.3, -0.25) is 4.79 Å². The van der Waals surface area contributed by atoms with Crippen LogP contribution in [0.25, 0.3) is 0 Å². The fourth-order valence-corrected chi connectivity index (χ4v) is 1.31. The van der Waals surface area contributed by atoms with Crippen molar-refractivity contribution >= 4 is 17.5 Å². The summed E-state index contributed by atoms with van der Waals surface area (Å²) in [4.78, 5) is 11.3. The third-order valence-corrected chi connectivity index (χ3v) is 2.51. The number of nitrogens with two attached hydrogens (primary N) is 1. The molecule has 0 spiro atoms. The Kier molecular flexibility index (Phi) is 5.98. The van der Waals surface area contributed by atoms with Crippen molar-refractivity contribution in [1.82, 2.24) is 5.32 Å². The van der Waals surface area contributed by atoms with E-state index in [-0.39, 0.29) is 13.0 Å². The molecule has 1 amide bonds. The van der Waals surface area contributed by atoms with E-state index < -0.39 is 24.9 Å². The number of alkyl halides is 2. The Morgan fingerprint density at radius 1 is 1.37 bits per heavy atom. The molecule has 0 aromatic heterocycles. The predicted octanol–water partition coefficient (Wildman–Crippen LogP) is 1.82. The second kappa shape index (κ2) is 7.25. The molecule has 1 rings (SSSR count). The fraction of sp³-hybridized carbons (Fsp3) is 0.417. The zero-order valence-corrected chi connectivity index (χ0v) is 10.9. The molecule has 0 fully saturated rings. The first-order valence-corrected chi connectivity index (χ1v) is 6.04. The van der Waals surface area contributed by atoms with Crippen molar-refractivity contribution < 1.29 is 18.3 Å². The number of hydrogen-bond acceptors (Lipinski definition) is 3. The number of nitrogens with one attached hydrogen (secondary N) is 1. The van der Waals surface area contributed by atoms with Gasteiger partial charge in [-0.1, -0.05) is 11.6 Å². The van der Waals surface area contributed by atoms with Crippen LogP contribution in [0.2, 0.25) is 5.02 Å². The van der Waals surface area contributed by atoms with Gasteiger partial charge in [-0.15, -0.1) is 0 Å². The van der Waals surface area contributed by atoms with E-state index in [1.807, 2.05) is 0 Å². The van der Waals surface area contributed by atoms with Crippen molar-refractivity contribution in [1.29, 1.82) is 0 Å². The minimum absolute atomic E-state index is 0.0106. The van der Waals surface area contributed by atoms with E-state index in [0.717, 1.165) is 0 Å². The molecule has 0 heterocycles. The molecule has 0 unspecified atom stereocenters. The van der Waals surface area contributed by atoms with Crippen LogP contribution in [0.3, 0.4) is 0 Å². The molecule has 0 aliphatic heterocycles. The SMILES string of the molecule is NCC(F)(F)CNC(=O)CCOc1ccc(Cl)cc1. The van der Waals surface area contributed by atoms with E-state index >= 15 is 0 Å². The highest BCUT2D eigenvalue weighted by Crippen LogP contribution is 2.15. The lowest BCUT2D eigenvalue weighted by atomic mass is 10.3. The maximum Gasteiger partial charge on any atom is 0.277 e. The molecule has 0 aliphatic carbocycles. The van der Waals surface area contributed by atoms with Crippen LogP contribution in [0.1, 0.15) is 6.42 Å². The van der Waals surface area contributed by atoms with Gasteiger partial charge in [0.15, 0.2) is 0 Å². The molecule has 1 aromatic carbocycles. The number of halogens is 3. The van der Waals surface area contributed by atoms with E-state index in [1.165, 1.54) is 0 Å². The summed E-state index contributed by atoms with van der Waals surface area (Å²) in [7, 11) is 0. The minimum Gasteiger partial charge on any atom is -0.493 e. The summed E-state index contributed by atoms with van der Waals surface area (Å²) in [6.07, 6.45) is -0.0106. The molecule has 1 aromatic rings. The quantitative estimate of drug-likeness (QED) is 0.806. The molecule has 7 heteroatoms. The molecule has 0 saturated carbocycles. The van der Waals surface area contributed by atoms with Crippen molar-refractivity contribution in [2.24, 2.45) is 5.73 Å². The van der Waals surface area contributed by atoms with Crippen LogP contribution in [0, 0.1) is 0 Å². The summed E-state index contributed by atoms with van der Waals surface area (Å²) in [5.74, 6) is -3.03. The normalized spacial score (nSPS) is 11.2. The Hall–Kier alpha value is -1.40. The van der Waals surface area contributed by atoms with Gasteiger partial charge in [-0.25, -0.2) is 8.78 Å². The summed E-state index contributed by atoms with van der Waals surface area (Å²) in [5.41, 5.74) is 4.84. The molecule has 0 bridgehead atoms. The third kappa shape index (κ3) is 6.35. The fourth-order valence-electron chi connectivity index (χ4n) is 1.18. The van der Waals surface area contributed by atoms with Gasteiger partial charge in [0.05, 0.1) is 26.1 Å². The molecule has 3 N–H and O–H groups in total. The average molecular weight is 293 g/mol. The number of rotatable bonds is 7. The largest absolute Gasteiger partial charge is 0.493 e. The summed E-state index contributed by atoms with van der Waals surface area (Å²) in [6.45, 7) is -1.46. The lowest BCUT2D eigenvalue weighted by Gasteiger charge is -2.14. The van der Waals surface area contributed by atoms with Gasteiger partial charge in [0.1, 0.15) is 5.75 Å². The molecule has 19 heavy (non-hydrogen) atoms. The smallest absolute Gasteiger partial charge is 0.277 e. The Bertz CT molecular complexity index is 413. The predicted molar refractivity (Wildman–Crippen MR) is 68.6 cm³/mol. The Morgan fingerprint density at radius 3 is 2.58 bits per heavy atom. The highest BCUT2D eigenvalue weighted by molar-refractivity contribution is 6.30. The summed E-state index contributed by atoms with van der Waals surface area (Å²) in [5, 5.41) is 2.68. The first kappa shape index (κ1) is 15.7. The maximum atomic E-state index is 12.8. The number of carbonyl (C=O) groups is 1. The molecular formula is C12H15ClF2N2O2. The number of benzene rings is 1. The standard InChI is InChI=1S/C12H15ClF2N2O2/c13-9-1-3-10(4-2-9)19-6-5-11(18)17-8-12(14,15)7-16/h1-4H,5-8,16H2,(H,17,18). The number of amides is 1. The van der Waals surface area contributed by atoms with E-state index in [4.69, 9.17) is 22.1 Å². The van der Waals surface area contributed by atoms with E-state index in [1.54, 1.807) is 24.3 Å². The van der Waals surface area contributed by atoms with Gasteiger partial charge in [0.25, 0.3) is 5.92 Å². The van der Waals surface area contributed by atoms with Crippen LogP contribution >= 0.6 is 11.6 Å².